The van der Waals surface area contributed by atoms with Crippen molar-refractivity contribution in [1.82, 2.24) is 15.5 Å². The molecule has 0 aromatic heterocycles. The minimum absolute atomic E-state index is 0.240. The number of nitrogens with one attached hydrogen (secondary N) is 2. The summed E-state index contributed by atoms with van der Waals surface area (Å²) >= 11 is 0. The molecule has 0 spiro atoms. The van der Waals surface area contributed by atoms with Gasteiger partial charge in [-0.05, 0) is 19.8 Å². The zero-order valence-corrected chi connectivity index (χ0v) is 15.8. The molecule has 13 heteroatoms. The highest BCUT2D eigenvalue weighted by Gasteiger charge is 2.37. The number of hydrogen-bond donors (Lipinski definition) is 6. The van der Waals surface area contributed by atoms with Crippen LogP contribution in [0.15, 0.2) is 0 Å². The van der Waals surface area contributed by atoms with Gasteiger partial charge in [0.25, 0.3) is 0 Å². The first-order valence-electron chi connectivity index (χ1n) is 8.83. The van der Waals surface area contributed by atoms with E-state index in [9.17, 15) is 28.8 Å². The van der Waals surface area contributed by atoms with Gasteiger partial charge in [-0.25, -0.2) is 4.79 Å². The summed E-state index contributed by atoms with van der Waals surface area (Å²) in [6.07, 6.45) is -0.383. The molecule has 162 valence electrons. The minimum Gasteiger partial charge on any atom is -0.481 e. The van der Waals surface area contributed by atoms with Gasteiger partial charge in [0.15, 0.2) is 0 Å². The van der Waals surface area contributed by atoms with E-state index < -0.39 is 66.2 Å². The van der Waals surface area contributed by atoms with Crippen molar-refractivity contribution in [2.24, 2.45) is 11.5 Å². The fraction of sp³-hybridized carbons (Fsp3) is 0.625. The maximum absolute atomic E-state index is 12.5. The number of carboxylic acid groups (broad SMARTS) is 2. The molecule has 0 aromatic rings. The van der Waals surface area contributed by atoms with E-state index in [-0.39, 0.29) is 13.0 Å². The first-order valence-corrected chi connectivity index (χ1v) is 8.83. The summed E-state index contributed by atoms with van der Waals surface area (Å²) in [7, 11) is 0. The second-order valence-corrected chi connectivity index (χ2v) is 6.69. The third-order valence-corrected chi connectivity index (χ3v) is 4.32. The van der Waals surface area contributed by atoms with Gasteiger partial charge in [0.2, 0.25) is 23.6 Å². The van der Waals surface area contributed by atoms with Crippen molar-refractivity contribution in [3.05, 3.63) is 0 Å². The summed E-state index contributed by atoms with van der Waals surface area (Å²) < 4.78 is 0. The number of amides is 4. The van der Waals surface area contributed by atoms with Crippen LogP contribution >= 0.6 is 0 Å². The summed E-state index contributed by atoms with van der Waals surface area (Å²) in [4.78, 5) is 70.8. The van der Waals surface area contributed by atoms with E-state index in [0.29, 0.717) is 12.8 Å². The van der Waals surface area contributed by atoms with Crippen LogP contribution in [0.5, 0.6) is 0 Å². The Labute approximate surface area is 165 Å². The van der Waals surface area contributed by atoms with E-state index in [1.807, 2.05) is 5.32 Å². The number of carboxylic acids is 2. The molecule has 0 aromatic carbocycles. The maximum atomic E-state index is 12.5. The predicted molar refractivity (Wildman–Crippen MR) is 95.9 cm³/mol. The van der Waals surface area contributed by atoms with Gasteiger partial charge in [0.1, 0.15) is 18.1 Å². The first kappa shape index (κ1) is 23.8. The number of nitrogens with zero attached hydrogens (tertiary/aromatic N) is 1. The minimum atomic E-state index is -1.66. The molecular weight excluding hydrogens is 390 g/mol. The Morgan fingerprint density at radius 2 is 1.72 bits per heavy atom. The quantitative estimate of drug-likeness (QED) is 0.210. The molecule has 4 amide bonds. The number of nitrogens with two attached hydrogens (primary N) is 2. The molecule has 13 nitrogen and oxygen atoms in total. The lowest BCUT2D eigenvalue weighted by atomic mass is 10.1. The predicted octanol–water partition coefficient (Wildman–Crippen LogP) is -3.27. The van der Waals surface area contributed by atoms with E-state index >= 15 is 0 Å². The molecule has 1 aliphatic heterocycles. The largest absolute Gasteiger partial charge is 0.481 e. The molecule has 1 rings (SSSR count). The number of hydrogen-bond acceptors (Lipinski definition) is 7. The summed E-state index contributed by atoms with van der Waals surface area (Å²) in [5, 5.41) is 22.1. The lowest BCUT2D eigenvalue weighted by molar-refractivity contribution is -0.147. The zero-order valence-electron chi connectivity index (χ0n) is 15.8. The number of likely N-dealkylation sites (tertiary alicyclic amines) is 1. The van der Waals surface area contributed by atoms with Crippen LogP contribution in [0.1, 0.15) is 32.6 Å². The number of primary amides is 1. The van der Waals surface area contributed by atoms with E-state index in [4.69, 9.17) is 21.7 Å². The van der Waals surface area contributed by atoms with E-state index in [1.165, 1.54) is 11.8 Å². The average molecular weight is 415 g/mol. The van der Waals surface area contributed by atoms with Crippen molar-refractivity contribution >= 4 is 35.6 Å². The van der Waals surface area contributed by atoms with Gasteiger partial charge in [0.05, 0.1) is 18.9 Å². The second kappa shape index (κ2) is 10.4. The van der Waals surface area contributed by atoms with E-state index in [1.54, 1.807) is 0 Å². The molecule has 8 N–H and O–H groups in total. The monoisotopic (exact) mass is 415 g/mol. The standard InChI is InChI=1S/C16H25N5O8/c1-7(13(25)20-9(16(28)29)6-12(23)24)19-14(26)10-3-2-4-21(10)15(27)8(17)5-11(18)22/h7-10H,2-6,17H2,1H3,(H2,18,22)(H,19,26)(H,20,25)(H,23,24)(H,28,29). The Bertz CT molecular complexity index is 697. The highest BCUT2D eigenvalue weighted by atomic mass is 16.4. The normalized spacial score (nSPS) is 19.0. The molecule has 1 fully saturated rings. The van der Waals surface area contributed by atoms with Crippen LogP contribution in [0.25, 0.3) is 0 Å². The Hall–Kier alpha value is -3.22. The summed E-state index contributed by atoms with van der Waals surface area (Å²) in [6.45, 7) is 1.52. The fourth-order valence-corrected chi connectivity index (χ4v) is 2.87. The van der Waals surface area contributed by atoms with Crippen LogP contribution < -0.4 is 22.1 Å². The van der Waals surface area contributed by atoms with Crippen molar-refractivity contribution in [3.8, 4) is 0 Å². The van der Waals surface area contributed by atoms with Crippen LogP contribution in [0.4, 0.5) is 0 Å². The van der Waals surface area contributed by atoms with Crippen molar-refractivity contribution in [2.75, 3.05) is 6.54 Å². The summed E-state index contributed by atoms with van der Waals surface area (Å²) in [6, 6.07) is -4.94. The van der Waals surface area contributed by atoms with Gasteiger partial charge in [-0.2, -0.15) is 0 Å². The van der Waals surface area contributed by atoms with Gasteiger partial charge >= 0.3 is 11.9 Å². The smallest absolute Gasteiger partial charge is 0.326 e. The number of carbonyl (C=O) groups excluding carboxylic acids is 4. The van der Waals surface area contributed by atoms with Crippen molar-refractivity contribution in [1.29, 1.82) is 0 Å². The zero-order chi connectivity index (χ0) is 22.3. The van der Waals surface area contributed by atoms with Gasteiger partial charge in [-0.1, -0.05) is 0 Å². The van der Waals surface area contributed by atoms with E-state index in [2.05, 4.69) is 5.32 Å². The first-order chi connectivity index (χ1) is 13.4. The van der Waals surface area contributed by atoms with Crippen LogP contribution in [-0.4, -0.2) is 81.4 Å². The summed E-state index contributed by atoms with van der Waals surface area (Å²) in [5.74, 6) is -5.88. The Balaban J connectivity index is 2.71. The van der Waals surface area contributed by atoms with Crippen LogP contribution in [0, 0.1) is 0 Å². The Kier molecular flexibility index (Phi) is 8.51. The summed E-state index contributed by atoms with van der Waals surface area (Å²) in [5.41, 5.74) is 10.7. The van der Waals surface area contributed by atoms with Gasteiger partial charge in [-0.15, -0.1) is 0 Å². The number of carbonyl (C=O) groups is 6. The molecule has 0 bridgehead atoms. The van der Waals surface area contributed by atoms with Crippen LogP contribution in [0.3, 0.4) is 0 Å². The fourth-order valence-electron chi connectivity index (χ4n) is 2.87. The molecule has 4 atom stereocenters. The van der Waals surface area contributed by atoms with Gasteiger partial charge < -0.3 is 37.2 Å². The SMILES string of the molecule is CC(NC(=O)C1CCCN1C(=O)C(N)CC(N)=O)C(=O)NC(CC(=O)O)C(=O)O. The Morgan fingerprint density at radius 1 is 1.10 bits per heavy atom. The van der Waals surface area contributed by atoms with Gasteiger partial charge in [-0.3, -0.25) is 24.0 Å². The third kappa shape index (κ3) is 7.03. The van der Waals surface area contributed by atoms with Crippen molar-refractivity contribution in [3.63, 3.8) is 0 Å². The molecule has 1 aliphatic rings. The molecule has 4 unspecified atom stereocenters. The molecule has 0 radical (unpaired) electrons. The molecule has 1 heterocycles. The molecule has 0 aliphatic carbocycles. The van der Waals surface area contributed by atoms with Crippen molar-refractivity contribution in [2.45, 2.75) is 56.8 Å². The molecule has 0 saturated carbocycles. The molecular formula is C16H25N5O8. The van der Waals surface area contributed by atoms with Crippen LogP contribution in [0.2, 0.25) is 0 Å². The average Bonchev–Trinajstić information content (AvgIpc) is 3.08. The van der Waals surface area contributed by atoms with Gasteiger partial charge in [0, 0.05) is 6.54 Å². The Morgan fingerprint density at radius 3 is 2.24 bits per heavy atom. The lowest BCUT2D eigenvalue weighted by Gasteiger charge is -2.27. The van der Waals surface area contributed by atoms with E-state index in [0.717, 1.165) is 0 Å². The van der Waals surface area contributed by atoms with Crippen LogP contribution in [-0.2, 0) is 28.8 Å². The highest BCUT2D eigenvalue weighted by molar-refractivity contribution is 5.95. The maximum Gasteiger partial charge on any atom is 0.326 e. The van der Waals surface area contributed by atoms with Crippen molar-refractivity contribution < 1.29 is 39.0 Å². The topological polar surface area (TPSA) is 222 Å². The third-order valence-electron chi connectivity index (χ3n) is 4.32. The highest BCUT2D eigenvalue weighted by Crippen LogP contribution is 2.19. The number of rotatable bonds is 10. The lowest BCUT2D eigenvalue weighted by Crippen LogP contribution is -2.56. The molecule has 29 heavy (non-hydrogen) atoms. The molecule has 1 saturated heterocycles. The number of aliphatic carboxylic acids is 2. The second-order valence-electron chi connectivity index (χ2n) is 6.69.